The normalized spacial score (nSPS) is 14.9. The number of aromatic nitrogens is 1. The number of thiazole rings is 1. The zero-order valence-electron chi connectivity index (χ0n) is 12.0. The van der Waals surface area contributed by atoms with E-state index in [0.29, 0.717) is 24.6 Å². The van der Waals surface area contributed by atoms with E-state index < -0.39 is 5.91 Å². The van der Waals surface area contributed by atoms with Crippen LogP contribution in [-0.4, -0.2) is 23.7 Å². The molecule has 0 N–H and O–H groups in total. The maximum absolute atomic E-state index is 12.2. The molecule has 0 atom stereocenters. The Hall–Kier alpha value is -2.52. The van der Waals surface area contributed by atoms with Gasteiger partial charge >= 0.3 is 5.91 Å². The first-order valence-electron chi connectivity index (χ1n) is 6.77. The van der Waals surface area contributed by atoms with Gasteiger partial charge in [-0.1, -0.05) is 29.4 Å². The van der Waals surface area contributed by atoms with E-state index in [1.165, 1.54) is 17.6 Å². The zero-order chi connectivity index (χ0) is 15.5. The topological polar surface area (TPSA) is 52.8 Å². The number of carbonyl (C=O) groups is 1. The Balaban J connectivity index is 2.14. The molecule has 0 saturated heterocycles. The van der Waals surface area contributed by atoms with Crippen LogP contribution in [0.4, 0.5) is 0 Å². The fourth-order valence-electron chi connectivity index (χ4n) is 2.25. The number of amides is 1. The Morgan fingerprint density at radius 2 is 2.36 bits per heavy atom. The average Bonchev–Trinajstić information content (AvgIpc) is 2.87. The molecule has 0 radical (unpaired) electrons. The number of carbonyl (C=O) groups excluding carboxylic acids is 1. The molecule has 0 unspecified atom stereocenters. The molecular formula is C16H14N2O3S. The van der Waals surface area contributed by atoms with Crippen LogP contribution in [0.25, 0.3) is 10.2 Å². The number of hydrogen-bond donors (Lipinski definition) is 0. The maximum Gasteiger partial charge on any atom is 0.317 e. The Kier molecular flexibility index (Phi) is 3.98. The SMILES string of the molecule is C#CCn1c(=NC(=O)C2=COCCO2)sc2cccc(C)c21. The van der Waals surface area contributed by atoms with Gasteiger partial charge in [-0.15, -0.1) is 6.42 Å². The highest BCUT2D eigenvalue weighted by Crippen LogP contribution is 2.21. The largest absolute Gasteiger partial charge is 0.494 e. The summed E-state index contributed by atoms with van der Waals surface area (Å²) in [4.78, 5) is 16.9. The van der Waals surface area contributed by atoms with Crippen LogP contribution < -0.4 is 4.80 Å². The van der Waals surface area contributed by atoms with Crippen molar-refractivity contribution in [2.24, 2.45) is 4.99 Å². The van der Waals surface area contributed by atoms with Crippen molar-refractivity contribution < 1.29 is 14.3 Å². The summed E-state index contributed by atoms with van der Waals surface area (Å²) in [5.41, 5.74) is 2.10. The summed E-state index contributed by atoms with van der Waals surface area (Å²) in [6.07, 6.45) is 6.76. The lowest BCUT2D eigenvalue weighted by Crippen LogP contribution is -2.20. The van der Waals surface area contributed by atoms with Gasteiger partial charge in [-0.2, -0.15) is 4.99 Å². The summed E-state index contributed by atoms with van der Waals surface area (Å²) in [6, 6.07) is 5.97. The number of para-hydroxylation sites is 1. The van der Waals surface area contributed by atoms with E-state index in [1.807, 2.05) is 29.7 Å². The summed E-state index contributed by atoms with van der Waals surface area (Å²) in [7, 11) is 0. The highest BCUT2D eigenvalue weighted by molar-refractivity contribution is 7.16. The van der Waals surface area contributed by atoms with Crippen molar-refractivity contribution in [3.63, 3.8) is 0 Å². The quantitative estimate of drug-likeness (QED) is 0.796. The molecule has 6 heteroatoms. The molecule has 2 heterocycles. The molecule has 2 aromatic rings. The molecule has 0 bridgehead atoms. The van der Waals surface area contributed by atoms with Crippen molar-refractivity contribution in [2.45, 2.75) is 13.5 Å². The number of nitrogens with zero attached hydrogens (tertiary/aromatic N) is 2. The van der Waals surface area contributed by atoms with Gasteiger partial charge in [0.25, 0.3) is 0 Å². The van der Waals surface area contributed by atoms with E-state index in [-0.39, 0.29) is 5.76 Å². The summed E-state index contributed by atoms with van der Waals surface area (Å²) >= 11 is 1.43. The van der Waals surface area contributed by atoms with Gasteiger partial charge < -0.3 is 14.0 Å². The minimum atomic E-state index is -0.463. The minimum Gasteiger partial charge on any atom is -0.494 e. The molecule has 0 spiro atoms. The third kappa shape index (κ3) is 2.63. The Morgan fingerprint density at radius 1 is 1.50 bits per heavy atom. The summed E-state index contributed by atoms with van der Waals surface area (Å²) < 4.78 is 13.3. The lowest BCUT2D eigenvalue weighted by atomic mass is 10.2. The standard InChI is InChI=1S/C16H14N2O3S/c1-3-7-18-14-11(2)5-4-6-13(14)22-16(18)17-15(19)12-10-20-8-9-21-12/h1,4-6,10H,7-9H2,2H3. The van der Waals surface area contributed by atoms with Crippen molar-refractivity contribution in [2.75, 3.05) is 13.2 Å². The molecule has 1 aliphatic rings. The molecule has 3 rings (SSSR count). The third-order valence-electron chi connectivity index (χ3n) is 3.21. The highest BCUT2D eigenvalue weighted by atomic mass is 32.1. The first kappa shape index (κ1) is 14.4. The Labute approximate surface area is 131 Å². The van der Waals surface area contributed by atoms with Crippen molar-refractivity contribution in [1.82, 2.24) is 4.57 Å². The minimum absolute atomic E-state index is 0.118. The van der Waals surface area contributed by atoms with Crippen LogP contribution in [-0.2, 0) is 20.8 Å². The van der Waals surface area contributed by atoms with E-state index in [0.717, 1.165) is 15.8 Å². The number of rotatable bonds is 2. The van der Waals surface area contributed by atoms with Gasteiger partial charge in [0.1, 0.15) is 19.5 Å². The van der Waals surface area contributed by atoms with Crippen molar-refractivity contribution in [1.29, 1.82) is 0 Å². The molecule has 1 aromatic carbocycles. The first-order chi connectivity index (χ1) is 10.7. The number of hydrogen-bond acceptors (Lipinski definition) is 4. The molecule has 1 amide bonds. The van der Waals surface area contributed by atoms with Gasteiger partial charge in [-0.25, -0.2) is 0 Å². The van der Waals surface area contributed by atoms with E-state index in [2.05, 4.69) is 10.9 Å². The molecule has 0 saturated carbocycles. The van der Waals surface area contributed by atoms with Crippen LogP contribution >= 0.6 is 11.3 Å². The Bertz CT molecular complexity index is 868. The van der Waals surface area contributed by atoms with Crippen LogP contribution in [0.5, 0.6) is 0 Å². The van der Waals surface area contributed by atoms with E-state index in [4.69, 9.17) is 15.9 Å². The first-order valence-corrected chi connectivity index (χ1v) is 7.58. The van der Waals surface area contributed by atoms with Crippen LogP contribution in [0.1, 0.15) is 5.56 Å². The smallest absolute Gasteiger partial charge is 0.317 e. The van der Waals surface area contributed by atoms with Crippen LogP contribution in [0, 0.1) is 19.3 Å². The molecule has 0 aliphatic carbocycles. The molecule has 5 nitrogen and oxygen atoms in total. The number of terminal acetylenes is 1. The molecule has 22 heavy (non-hydrogen) atoms. The van der Waals surface area contributed by atoms with Gasteiger partial charge in [-0.05, 0) is 18.6 Å². The van der Waals surface area contributed by atoms with Crippen molar-refractivity contribution in [3.05, 3.63) is 40.6 Å². The Morgan fingerprint density at radius 3 is 3.09 bits per heavy atom. The fraction of sp³-hybridized carbons (Fsp3) is 0.250. The lowest BCUT2D eigenvalue weighted by molar-refractivity contribution is -0.119. The van der Waals surface area contributed by atoms with Crippen LogP contribution in [0.2, 0.25) is 0 Å². The second-order valence-electron chi connectivity index (χ2n) is 4.71. The monoisotopic (exact) mass is 314 g/mol. The van der Waals surface area contributed by atoms with Gasteiger partial charge in [0.05, 0.1) is 16.8 Å². The summed E-state index contributed by atoms with van der Waals surface area (Å²) in [5, 5.41) is 0. The van der Waals surface area contributed by atoms with Gasteiger partial charge in [0.2, 0.25) is 5.76 Å². The number of ether oxygens (including phenoxy) is 2. The summed E-state index contributed by atoms with van der Waals surface area (Å²) in [6.45, 7) is 3.15. The van der Waals surface area contributed by atoms with Gasteiger partial charge in [0.15, 0.2) is 4.80 Å². The molecule has 1 aliphatic heterocycles. The third-order valence-corrected chi connectivity index (χ3v) is 4.25. The van der Waals surface area contributed by atoms with Crippen molar-refractivity contribution >= 4 is 27.5 Å². The predicted octanol–water partition coefficient (Wildman–Crippen LogP) is 1.96. The fourth-order valence-corrected chi connectivity index (χ4v) is 3.36. The van der Waals surface area contributed by atoms with E-state index in [1.54, 1.807) is 0 Å². The maximum atomic E-state index is 12.2. The van der Waals surface area contributed by atoms with Crippen LogP contribution in [0.15, 0.2) is 35.2 Å². The second kappa shape index (κ2) is 6.08. The van der Waals surface area contributed by atoms with Gasteiger partial charge in [0, 0.05) is 0 Å². The molecule has 0 fully saturated rings. The van der Waals surface area contributed by atoms with Gasteiger partial charge in [-0.3, -0.25) is 4.79 Å². The van der Waals surface area contributed by atoms with E-state index in [9.17, 15) is 4.79 Å². The number of benzene rings is 1. The second-order valence-corrected chi connectivity index (χ2v) is 5.72. The zero-order valence-corrected chi connectivity index (χ0v) is 12.9. The lowest BCUT2D eigenvalue weighted by Gasteiger charge is -2.12. The highest BCUT2D eigenvalue weighted by Gasteiger charge is 2.15. The molecular weight excluding hydrogens is 300 g/mol. The molecule has 112 valence electrons. The molecule has 1 aromatic heterocycles. The summed E-state index contributed by atoms with van der Waals surface area (Å²) in [5.74, 6) is 2.27. The average molecular weight is 314 g/mol. The number of fused-ring (bicyclic) bond motifs is 1. The predicted molar refractivity (Wildman–Crippen MR) is 83.9 cm³/mol. The number of aryl methyl sites for hydroxylation is 1. The van der Waals surface area contributed by atoms with Crippen LogP contribution in [0.3, 0.4) is 0 Å². The van der Waals surface area contributed by atoms with Crippen molar-refractivity contribution in [3.8, 4) is 12.3 Å². The van der Waals surface area contributed by atoms with E-state index >= 15 is 0 Å².